The van der Waals surface area contributed by atoms with Gasteiger partial charge in [0, 0.05) is 24.5 Å². The molecule has 0 saturated carbocycles. The Hall–Kier alpha value is -1.62. The van der Waals surface area contributed by atoms with Crippen molar-refractivity contribution in [2.75, 3.05) is 5.33 Å². The average Bonchev–Trinajstić information content (AvgIpc) is 2.93. The molecule has 0 aliphatic heterocycles. The number of carbonyl (C=O) groups excluding carboxylic acids is 1. The highest BCUT2D eigenvalue weighted by Crippen LogP contribution is 2.20. The number of halogens is 1. The first-order valence-corrected chi connectivity index (χ1v) is 7.75. The third-order valence-electron chi connectivity index (χ3n) is 3.59. The lowest BCUT2D eigenvalue weighted by atomic mass is 10.0. The van der Waals surface area contributed by atoms with Gasteiger partial charge in [-0.25, -0.2) is 0 Å². The van der Waals surface area contributed by atoms with Crippen LogP contribution < -0.4 is 5.56 Å². The van der Waals surface area contributed by atoms with Crippen molar-refractivity contribution in [2.24, 2.45) is 5.92 Å². The number of alkyl halides is 1. The van der Waals surface area contributed by atoms with Crippen molar-refractivity contribution < 1.29 is 4.79 Å². The summed E-state index contributed by atoms with van der Waals surface area (Å²) in [6, 6.07) is 3.63. The number of carbonyl (C=O) groups is 1. The molecule has 0 N–H and O–H groups in total. The minimum Gasteiger partial charge on any atom is -0.310 e. The van der Waals surface area contributed by atoms with Gasteiger partial charge in [-0.05, 0) is 24.1 Å². The first kappa shape index (κ1) is 13.4. The Balaban J connectivity index is 2.35. The van der Waals surface area contributed by atoms with Gasteiger partial charge in [0.2, 0.25) is 0 Å². The fraction of sp³-hybridized carbons (Fsp3) is 0.333. The standard InChI is InChI=1S/C15H15BrN2O2/c1-10(8-16)9-18-14-11(4-2-6-13(14)19)17-7-3-5-12(17)15(18)20/h2-5,7,10H,6,8-9H2,1H3. The second kappa shape index (κ2) is 5.05. The maximum Gasteiger partial charge on any atom is 0.275 e. The Labute approximate surface area is 124 Å². The normalized spacial score (nSPS) is 15.6. The number of hydrogen-bond donors (Lipinski definition) is 0. The highest BCUT2D eigenvalue weighted by atomic mass is 79.9. The second-order valence-corrected chi connectivity index (χ2v) is 5.85. The zero-order valence-corrected chi connectivity index (χ0v) is 12.8. The molecule has 1 aliphatic carbocycles. The quantitative estimate of drug-likeness (QED) is 0.810. The molecule has 2 aromatic heterocycles. The number of fused-ring (bicyclic) bond motifs is 3. The van der Waals surface area contributed by atoms with E-state index in [9.17, 15) is 9.59 Å². The molecule has 5 heteroatoms. The minimum atomic E-state index is -0.0924. The molecule has 0 bridgehead atoms. The van der Waals surface area contributed by atoms with Crippen LogP contribution in [0.1, 0.15) is 29.5 Å². The summed E-state index contributed by atoms with van der Waals surface area (Å²) in [5.41, 5.74) is 1.87. The molecule has 0 radical (unpaired) electrons. The van der Waals surface area contributed by atoms with Crippen LogP contribution in [0.4, 0.5) is 0 Å². The van der Waals surface area contributed by atoms with E-state index in [2.05, 4.69) is 22.9 Å². The topological polar surface area (TPSA) is 43.5 Å². The summed E-state index contributed by atoms with van der Waals surface area (Å²) >= 11 is 3.43. The number of allylic oxidation sites excluding steroid dienone is 1. The Morgan fingerprint density at radius 3 is 2.95 bits per heavy atom. The minimum absolute atomic E-state index is 0.0111. The molecule has 2 heterocycles. The molecule has 1 unspecified atom stereocenters. The average molecular weight is 335 g/mol. The van der Waals surface area contributed by atoms with Crippen molar-refractivity contribution >= 4 is 33.3 Å². The van der Waals surface area contributed by atoms with Gasteiger partial charge in [-0.15, -0.1) is 0 Å². The molecule has 0 spiro atoms. The van der Waals surface area contributed by atoms with Gasteiger partial charge >= 0.3 is 0 Å². The summed E-state index contributed by atoms with van der Waals surface area (Å²) in [7, 11) is 0. The Morgan fingerprint density at radius 1 is 1.40 bits per heavy atom. The molecule has 20 heavy (non-hydrogen) atoms. The fourth-order valence-electron chi connectivity index (χ4n) is 2.62. The van der Waals surface area contributed by atoms with E-state index in [4.69, 9.17) is 0 Å². The molecular formula is C15H15BrN2O2. The van der Waals surface area contributed by atoms with Crippen molar-refractivity contribution in [1.82, 2.24) is 8.97 Å². The van der Waals surface area contributed by atoms with E-state index in [-0.39, 0.29) is 17.3 Å². The van der Waals surface area contributed by atoms with Crippen LogP contribution in [0.2, 0.25) is 0 Å². The summed E-state index contributed by atoms with van der Waals surface area (Å²) in [5.74, 6) is 0.296. The number of Topliss-reactive ketones (excluding diaryl/α,β-unsaturated/α-hetero) is 1. The van der Waals surface area contributed by atoms with Gasteiger partial charge < -0.3 is 8.97 Å². The van der Waals surface area contributed by atoms with Crippen molar-refractivity contribution in [3.05, 3.63) is 46.1 Å². The van der Waals surface area contributed by atoms with E-state index in [1.165, 1.54) is 0 Å². The molecule has 4 nitrogen and oxygen atoms in total. The third kappa shape index (κ3) is 1.97. The molecule has 0 amide bonds. The maximum atomic E-state index is 12.6. The van der Waals surface area contributed by atoms with Gasteiger partial charge in [0.15, 0.2) is 5.78 Å². The third-order valence-corrected chi connectivity index (χ3v) is 4.69. The summed E-state index contributed by atoms with van der Waals surface area (Å²) in [5, 5.41) is 0.796. The lowest BCUT2D eigenvalue weighted by molar-refractivity contribution is 0.0982. The van der Waals surface area contributed by atoms with Gasteiger partial charge in [-0.3, -0.25) is 9.59 Å². The van der Waals surface area contributed by atoms with Crippen molar-refractivity contribution in [1.29, 1.82) is 0 Å². The highest BCUT2D eigenvalue weighted by molar-refractivity contribution is 9.09. The second-order valence-electron chi connectivity index (χ2n) is 5.20. The van der Waals surface area contributed by atoms with Gasteiger partial charge in [0.25, 0.3) is 5.56 Å². The van der Waals surface area contributed by atoms with E-state index in [1.54, 1.807) is 15.0 Å². The van der Waals surface area contributed by atoms with Crippen LogP contribution >= 0.6 is 15.9 Å². The van der Waals surface area contributed by atoms with Gasteiger partial charge in [-0.1, -0.05) is 28.9 Å². The Morgan fingerprint density at radius 2 is 2.20 bits per heavy atom. The first-order chi connectivity index (χ1) is 9.63. The predicted molar refractivity (Wildman–Crippen MR) is 82.6 cm³/mol. The number of aromatic nitrogens is 2. The van der Waals surface area contributed by atoms with Crippen LogP contribution in [-0.4, -0.2) is 20.1 Å². The van der Waals surface area contributed by atoms with Crippen LogP contribution in [0, 0.1) is 5.92 Å². The summed E-state index contributed by atoms with van der Waals surface area (Å²) < 4.78 is 3.45. The summed E-state index contributed by atoms with van der Waals surface area (Å²) in [6.07, 6.45) is 5.98. The molecule has 0 aromatic carbocycles. The van der Waals surface area contributed by atoms with Crippen molar-refractivity contribution in [3.8, 4) is 0 Å². The monoisotopic (exact) mass is 334 g/mol. The van der Waals surface area contributed by atoms with Gasteiger partial charge in [0.1, 0.15) is 11.2 Å². The summed E-state index contributed by atoms with van der Waals surface area (Å²) in [4.78, 5) is 24.9. The maximum absolute atomic E-state index is 12.6. The van der Waals surface area contributed by atoms with Crippen LogP contribution in [0.3, 0.4) is 0 Å². The fourth-order valence-corrected chi connectivity index (χ4v) is 2.82. The molecule has 1 atom stereocenters. The number of nitrogens with zero attached hydrogens (tertiary/aromatic N) is 2. The van der Waals surface area contributed by atoms with Crippen molar-refractivity contribution in [3.63, 3.8) is 0 Å². The lowest BCUT2D eigenvalue weighted by Crippen LogP contribution is -2.32. The number of ketones is 1. The predicted octanol–water partition coefficient (Wildman–Crippen LogP) is 2.73. The van der Waals surface area contributed by atoms with E-state index < -0.39 is 0 Å². The van der Waals surface area contributed by atoms with E-state index in [1.807, 2.05) is 24.4 Å². The lowest BCUT2D eigenvalue weighted by Gasteiger charge is -2.20. The van der Waals surface area contributed by atoms with Crippen LogP contribution in [0.25, 0.3) is 11.6 Å². The van der Waals surface area contributed by atoms with Crippen LogP contribution in [-0.2, 0) is 6.54 Å². The van der Waals surface area contributed by atoms with Crippen LogP contribution in [0.5, 0.6) is 0 Å². The smallest absolute Gasteiger partial charge is 0.275 e. The van der Waals surface area contributed by atoms with Gasteiger partial charge in [0.05, 0.1) is 5.69 Å². The van der Waals surface area contributed by atoms with Crippen molar-refractivity contribution in [2.45, 2.75) is 19.9 Å². The number of rotatable bonds is 3. The van der Waals surface area contributed by atoms with E-state index >= 15 is 0 Å². The molecular weight excluding hydrogens is 320 g/mol. The molecule has 0 saturated heterocycles. The molecule has 104 valence electrons. The molecule has 2 aromatic rings. The SMILES string of the molecule is CC(CBr)Cn1c2c(n3cccc3c1=O)C=CCC2=O. The van der Waals surface area contributed by atoms with E-state index in [0.29, 0.717) is 24.2 Å². The molecule has 0 fully saturated rings. The van der Waals surface area contributed by atoms with Crippen LogP contribution in [0.15, 0.2) is 29.2 Å². The first-order valence-electron chi connectivity index (χ1n) is 6.63. The largest absolute Gasteiger partial charge is 0.310 e. The Bertz CT molecular complexity index is 770. The zero-order valence-electron chi connectivity index (χ0n) is 11.2. The number of hydrogen-bond acceptors (Lipinski definition) is 2. The van der Waals surface area contributed by atoms with Gasteiger partial charge in [-0.2, -0.15) is 0 Å². The summed E-state index contributed by atoms with van der Waals surface area (Å²) in [6.45, 7) is 2.60. The molecule has 3 rings (SSSR count). The zero-order chi connectivity index (χ0) is 14.3. The van der Waals surface area contributed by atoms with E-state index in [0.717, 1.165) is 11.0 Å². The molecule has 1 aliphatic rings. The highest BCUT2D eigenvalue weighted by Gasteiger charge is 2.23. The Kier molecular flexibility index (Phi) is 3.38.